The van der Waals surface area contributed by atoms with E-state index in [-0.39, 0.29) is 24.1 Å². The van der Waals surface area contributed by atoms with Crippen LogP contribution in [0.4, 0.5) is 0 Å². The summed E-state index contributed by atoms with van der Waals surface area (Å²) >= 11 is 0. The van der Waals surface area contributed by atoms with Gasteiger partial charge >= 0.3 is 5.97 Å². The van der Waals surface area contributed by atoms with Gasteiger partial charge in [0.1, 0.15) is 5.78 Å². The number of hydrogen-bond acceptors (Lipinski definition) is 5. The molecule has 0 radical (unpaired) electrons. The number of ketones is 1. The van der Waals surface area contributed by atoms with Crippen LogP contribution < -0.4 is 0 Å². The summed E-state index contributed by atoms with van der Waals surface area (Å²) in [6.07, 6.45) is 7.66. The van der Waals surface area contributed by atoms with Crippen molar-refractivity contribution in [2.24, 2.45) is 17.3 Å². The Morgan fingerprint density at radius 2 is 1.93 bits per heavy atom. The van der Waals surface area contributed by atoms with Crippen LogP contribution in [0.5, 0.6) is 0 Å². The Morgan fingerprint density at radius 1 is 1.29 bits per heavy atom. The topological polar surface area (TPSA) is 83.8 Å². The van der Waals surface area contributed by atoms with Crippen molar-refractivity contribution in [3.63, 3.8) is 0 Å². The average molecular weight is 397 g/mol. The fraction of sp³-hybridized carbons (Fsp3) is 0.826. The van der Waals surface area contributed by atoms with E-state index < -0.39 is 23.0 Å². The largest absolute Gasteiger partial charge is 0.469 e. The van der Waals surface area contributed by atoms with E-state index in [0.717, 1.165) is 38.5 Å². The van der Waals surface area contributed by atoms with E-state index in [2.05, 4.69) is 18.2 Å². The van der Waals surface area contributed by atoms with Crippen LogP contribution in [-0.2, 0) is 14.3 Å². The Balaban J connectivity index is 2.81. The lowest BCUT2D eigenvalue weighted by molar-refractivity contribution is -0.152. The van der Waals surface area contributed by atoms with E-state index in [1.165, 1.54) is 7.11 Å². The minimum Gasteiger partial charge on any atom is -0.469 e. The van der Waals surface area contributed by atoms with E-state index >= 15 is 0 Å². The molecule has 1 saturated carbocycles. The Labute approximate surface area is 170 Å². The number of aliphatic hydroxyl groups is 2. The number of carbonyl (C=O) groups excluding carboxylic acids is 2. The molecule has 0 bridgehead atoms. The highest BCUT2D eigenvalue weighted by atomic mass is 16.5. The van der Waals surface area contributed by atoms with Crippen LogP contribution in [0.3, 0.4) is 0 Å². The van der Waals surface area contributed by atoms with Crippen LogP contribution in [0.1, 0.15) is 85.0 Å². The predicted octanol–water partition coefficient (Wildman–Crippen LogP) is 4.20. The predicted molar refractivity (Wildman–Crippen MR) is 111 cm³/mol. The third-order valence-electron chi connectivity index (χ3n) is 6.60. The molecule has 5 nitrogen and oxygen atoms in total. The van der Waals surface area contributed by atoms with Crippen LogP contribution in [-0.4, -0.2) is 40.8 Å². The zero-order valence-corrected chi connectivity index (χ0v) is 18.2. The van der Waals surface area contributed by atoms with Crippen LogP contribution in [0, 0.1) is 17.3 Å². The molecule has 0 amide bonds. The van der Waals surface area contributed by atoms with Crippen molar-refractivity contribution in [1.29, 1.82) is 0 Å². The zero-order chi connectivity index (χ0) is 21.4. The van der Waals surface area contributed by atoms with Gasteiger partial charge in [0.15, 0.2) is 0 Å². The Hall–Kier alpha value is -1.20. The number of carbonyl (C=O) groups is 2. The first-order valence-corrected chi connectivity index (χ1v) is 10.8. The van der Waals surface area contributed by atoms with Gasteiger partial charge < -0.3 is 14.9 Å². The summed E-state index contributed by atoms with van der Waals surface area (Å²) in [4.78, 5) is 23.8. The molecule has 1 aliphatic carbocycles. The molecule has 1 aliphatic rings. The number of Topliss-reactive ketones (excluding diaryl/α,β-unsaturated/α-hetero) is 1. The quantitative estimate of drug-likeness (QED) is 0.277. The van der Waals surface area contributed by atoms with Gasteiger partial charge in [-0.3, -0.25) is 9.59 Å². The van der Waals surface area contributed by atoms with Gasteiger partial charge in [-0.25, -0.2) is 0 Å². The summed E-state index contributed by atoms with van der Waals surface area (Å²) in [5.41, 5.74) is -1.59. The van der Waals surface area contributed by atoms with Gasteiger partial charge in [-0.2, -0.15) is 0 Å². The van der Waals surface area contributed by atoms with Crippen molar-refractivity contribution in [1.82, 2.24) is 0 Å². The summed E-state index contributed by atoms with van der Waals surface area (Å²) in [5, 5.41) is 22.4. The highest BCUT2D eigenvalue weighted by molar-refractivity contribution is 5.84. The van der Waals surface area contributed by atoms with Gasteiger partial charge in [-0.15, -0.1) is 6.58 Å². The van der Waals surface area contributed by atoms with Gasteiger partial charge in [0.05, 0.1) is 18.8 Å². The zero-order valence-electron chi connectivity index (χ0n) is 18.2. The summed E-state index contributed by atoms with van der Waals surface area (Å²) in [5.74, 6) is -0.921. The van der Waals surface area contributed by atoms with Gasteiger partial charge in [0.2, 0.25) is 0 Å². The SMILES string of the molecule is C=CC[C@](O)(C1C(O)CC(=O)C1CCCCCCC(=O)OC)C(C)(C)CCC. The molecule has 5 heteroatoms. The average Bonchev–Trinajstić information content (AvgIpc) is 2.91. The van der Waals surface area contributed by atoms with E-state index in [4.69, 9.17) is 0 Å². The molecule has 3 unspecified atom stereocenters. The Bertz CT molecular complexity index is 527. The van der Waals surface area contributed by atoms with Crippen LogP contribution in [0.15, 0.2) is 12.7 Å². The summed E-state index contributed by atoms with van der Waals surface area (Å²) in [6.45, 7) is 9.95. The molecule has 2 N–H and O–H groups in total. The minimum absolute atomic E-state index is 0.0573. The second-order valence-electron chi connectivity index (χ2n) is 8.95. The molecule has 4 atom stereocenters. The molecule has 0 aromatic rings. The molecular formula is C23H40O5. The Morgan fingerprint density at radius 3 is 2.50 bits per heavy atom. The van der Waals surface area contributed by atoms with Crippen molar-refractivity contribution in [2.75, 3.05) is 7.11 Å². The van der Waals surface area contributed by atoms with E-state index in [1.54, 1.807) is 6.08 Å². The van der Waals surface area contributed by atoms with Crippen molar-refractivity contribution in [3.8, 4) is 0 Å². The minimum atomic E-state index is -1.16. The van der Waals surface area contributed by atoms with Gasteiger partial charge in [0.25, 0.3) is 0 Å². The third-order valence-corrected chi connectivity index (χ3v) is 6.60. The maximum atomic E-state index is 12.6. The molecule has 162 valence electrons. The number of hydrogen-bond donors (Lipinski definition) is 2. The standard InChI is InChI=1S/C23H40O5/c1-6-14-22(3,4)23(27,15-7-2)21-17(18(24)16-19(21)25)12-10-8-9-11-13-20(26)28-5/h7,17,19,21,25,27H,2,6,8-16H2,1,3-5H3/t17?,19?,21?,23-/m0/s1. The van der Waals surface area contributed by atoms with Gasteiger partial charge in [-0.05, 0) is 31.1 Å². The lowest BCUT2D eigenvalue weighted by Gasteiger charge is -2.49. The van der Waals surface area contributed by atoms with Crippen molar-refractivity contribution in [2.45, 2.75) is 96.7 Å². The van der Waals surface area contributed by atoms with E-state index in [9.17, 15) is 19.8 Å². The lowest BCUT2D eigenvalue weighted by atomic mass is 9.60. The first-order valence-electron chi connectivity index (χ1n) is 10.8. The van der Waals surface area contributed by atoms with Crippen LogP contribution in [0.2, 0.25) is 0 Å². The highest BCUT2D eigenvalue weighted by Gasteiger charge is 2.57. The summed E-state index contributed by atoms with van der Waals surface area (Å²) < 4.78 is 4.64. The highest BCUT2D eigenvalue weighted by Crippen LogP contribution is 2.51. The van der Waals surface area contributed by atoms with Crippen molar-refractivity contribution < 1.29 is 24.5 Å². The number of ether oxygens (including phenoxy) is 1. The number of unbranched alkanes of at least 4 members (excludes halogenated alkanes) is 3. The lowest BCUT2D eigenvalue weighted by Crippen LogP contribution is -2.55. The molecule has 0 aromatic heterocycles. The molecule has 0 saturated heterocycles. The van der Waals surface area contributed by atoms with Crippen LogP contribution in [0.25, 0.3) is 0 Å². The summed E-state index contributed by atoms with van der Waals surface area (Å²) in [7, 11) is 1.39. The molecule has 1 rings (SSSR count). The normalized spacial score (nSPS) is 24.8. The fourth-order valence-electron chi connectivity index (χ4n) is 4.96. The first kappa shape index (κ1) is 24.8. The Kier molecular flexibility index (Phi) is 9.85. The van der Waals surface area contributed by atoms with Crippen molar-refractivity contribution >= 4 is 11.8 Å². The van der Waals surface area contributed by atoms with Crippen molar-refractivity contribution in [3.05, 3.63) is 12.7 Å². The maximum absolute atomic E-state index is 12.6. The van der Waals surface area contributed by atoms with Gasteiger partial charge in [0, 0.05) is 24.7 Å². The number of esters is 1. The smallest absolute Gasteiger partial charge is 0.305 e. The second kappa shape index (κ2) is 11.1. The molecule has 0 spiro atoms. The second-order valence-corrected chi connectivity index (χ2v) is 8.95. The number of aliphatic hydroxyl groups excluding tert-OH is 1. The molecule has 0 aromatic carbocycles. The fourth-order valence-corrected chi connectivity index (χ4v) is 4.96. The van der Waals surface area contributed by atoms with E-state index in [1.807, 2.05) is 13.8 Å². The maximum Gasteiger partial charge on any atom is 0.305 e. The molecular weight excluding hydrogens is 356 g/mol. The van der Waals surface area contributed by atoms with Crippen LogP contribution >= 0.6 is 0 Å². The number of methoxy groups -OCH3 is 1. The monoisotopic (exact) mass is 396 g/mol. The molecule has 0 heterocycles. The first-order chi connectivity index (χ1) is 13.1. The number of rotatable bonds is 13. The third kappa shape index (κ3) is 5.90. The molecule has 0 aliphatic heterocycles. The summed E-state index contributed by atoms with van der Waals surface area (Å²) in [6, 6.07) is 0. The van der Waals surface area contributed by atoms with E-state index in [0.29, 0.717) is 19.3 Å². The van der Waals surface area contributed by atoms with Gasteiger partial charge in [-0.1, -0.05) is 52.5 Å². The molecule has 1 fully saturated rings. The molecule has 28 heavy (non-hydrogen) atoms.